The van der Waals surface area contributed by atoms with Crippen LogP contribution in [0.25, 0.3) is 5.69 Å². The van der Waals surface area contributed by atoms with Crippen LogP contribution in [0.15, 0.2) is 52.7 Å². The van der Waals surface area contributed by atoms with E-state index in [-0.39, 0.29) is 16.5 Å². The number of rotatable bonds is 4. The molecule has 0 bridgehead atoms. The first kappa shape index (κ1) is 18.3. The lowest BCUT2D eigenvalue weighted by Crippen LogP contribution is -2.14. The van der Waals surface area contributed by atoms with E-state index in [0.717, 1.165) is 16.9 Å². The van der Waals surface area contributed by atoms with Gasteiger partial charge in [-0.2, -0.15) is 10.2 Å². The van der Waals surface area contributed by atoms with Crippen LogP contribution in [0.4, 0.5) is 0 Å². The van der Waals surface area contributed by atoms with Crippen molar-refractivity contribution in [3.8, 4) is 11.4 Å². The molecular weight excluding hydrogens is 395 g/mol. The summed E-state index contributed by atoms with van der Waals surface area (Å²) >= 11 is 13.3. The van der Waals surface area contributed by atoms with Gasteiger partial charge in [-0.1, -0.05) is 34.5 Å². The Morgan fingerprint density at radius 2 is 1.96 bits per heavy atom. The first-order valence-corrected chi connectivity index (χ1v) is 8.94. The van der Waals surface area contributed by atoms with Gasteiger partial charge < -0.3 is 5.11 Å². The molecular formula is C17H12Cl2N4O2S. The Balaban J connectivity index is 2.05. The van der Waals surface area contributed by atoms with E-state index in [0.29, 0.717) is 20.5 Å². The van der Waals surface area contributed by atoms with Crippen LogP contribution in [0.3, 0.4) is 0 Å². The van der Waals surface area contributed by atoms with Gasteiger partial charge in [0.1, 0.15) is 5.75 Å². The third-order valence-electron chi connectivity index (χ3n) is 3.24. The number of hydrogen-bond acceptors (Lipinski definition) is 6. The van der Waals surface area contributed by atoms with E-state index < -0.39 is 0 Å². The minimum absolute atomic E-state index is 0.169. The van der Waals surface area contributed by atoms with Gasteiger partial charge in [-0.3, -0.25) is 4.79 Å². The lowest BCUT2D eigenvalue weighted by Gasteiger charge is -2.03. The van der Waals surface area contributed by atoms with Crippen LogP contribution in [0.2, 0.25) is 10.0 Å². The van der Waals surface area contributed by atoms with E-state index in [1.807, 2.05) is 0 Å². The molecule has 2 aromatic carbocycles. The maximum Gasteiger partial charge on any atom is 0.233 e. The second-order valence-electron chi connectivity index (χ2n) is 5.19. The number of halogens is 2. The molecule has 3 rings (SSSR count). The average molecular weight is 407 g/mol. The second kappa shape index (κ2) is 7.82. The van der Waals surface area contributed by atoms with Gasteiger partial charge in [0.2, 0.25) is 4.80 Å². The highest BCUT2D eigenvalue weighted by molar-refractivity contribution is 7.11. The molecule has 0 saturated heterocycles. The predicted molar refractivity (Wildman–Crippen MR) is 103 cm³/mol. The molecule has 6 nitrogen and oxygen atoms in total. The van der Waals surface area contributed by atoms with Crippen molar-refractivity contribution in [2.45, 2.75) is 6.92 Å². The average Bonchev–Trinajstić information content (AvgIpc) is 3.01. The third-order valence-corrected chi connectivity index (χ3v) is 4.78. The monoisotopic (exact) mass is 406 g/mol. The molecule has 0 unspecified atom stereocenters. The number of ketones is 1. The fourth-order valence-electron chi connectivity index (χ4n) is 2.00. The van der Waals surface area contributed by atoms with Crippen molar-refractivity contribution < 1.29 is 9.90 Å². The zero-order valence-electron chi connectivity index (χ0n) is 13.4. The summed E-state index contributed by atoms with van der Waals surface area (Å²) in [6.45, 7) is 1.43. The van der Waals surface area contributed by atoms with E-state index in [1.165, 1.54) is 17.8 Å². The number of phenols is 1. The Hall–Kier alpha value is -2.48. The van der Waals surface area contributed by atoms with Gasteiger partial charge in [0, 0.05) is 11.9 Å². The number of hydrogen-bond donors (Lipinski definition) is 1. The summed E-state index contributed by atoms with van der Waals surface area (Å²) in [7, 11) is 0. The summed E-state index contributed by atoms with van der Waals surface area (Å²) < 4.78 is 1.45. The number of nitrogens with zero attached hydrogens (tertiary/aromatic N) is 4. The highest BCUT2D eigenvalue weighted by Crippen LogP contribution is 2.23. The van der Waals surface area contributed by atoms with Crippen molar-refractivity contribution in [2.75, 3.05) is 0 Å². The molecule has 0 spiro atoms. The van der Waals surface area contributed by atoms with Gasteiger partial charge >= 0.3 is 0 Å². The number of aromatic hydroxyl groups is 1. The topological polar surface area (TPSA) is 79.8 Å². The standard InChI is InChI=1S/C17H12Cl2N4O2S/c1-10(24)16-22-23(15-7-4-12(18)8-14(15)19)17(26-16)21-20-9-11-2-5-13(25)6-3-11/h2-9,25H,1H3/b20-9+,21-17?. The summed E-state index contributed by atoms with van der Waals surface area (Å²) in [5, 5.41) is 22.9. The molecule has 0 aliphatic heterocycles. The summed E-state index contributed by atoms with van der Waals surface area (Å²) in [5.74, 6) is -0.0133. The maximum absolute atomic E-state index is 11.7. The van der Waals surface area contributed by atoms with Gasteiger partial charge in [0.05, 0.1) is 16.9 Å². The Morgan fingerprint density at radius 3 is 2.62 bits per heavy atom. The van der Waals surface area contributed by atoms with Crippen molar-refractivity contribution in [1.82, 2.24) is 9.78 Å². The van der Waals surface area contributed by atoms with Crippen LogP contribution in [0, 0.1) is 0 Å². The number of carbonyl (C=O) groups excluding carboxylic acids is 1. The summed E-state index contributed by atoms with van der Waals surface area (Å²) in [6, 6.07) is 11.5. The van der Waals surface area contributed by atoms with Gasteiger partial charge in [-0.05, 0) is 48.0 Å². The van der Waals surface area contributed by atoms with Crippen LogP contribution in [0.5, 0.6) is 5.75 Å². The predicted octanol–water partition coefficient (Wildman–Crippen LogP) is 4.08. The normalized spacial score (nSPS) is 12.0. The van der Waals surface area contributed by atoms with E-state index in [2.05, 4.69) is 15.3 Å². The number of phenolic OH excluding ortho intramolecular Hbond substituents is 1. The number of carbonyl (C=O) groups is 1. The number of Topliss-reactive ketones (excluding diaryl/α,β-unsaturated/α-hetero) is 1. The molecule has 0 aliphatic carbocycles. The van der Waals surface area contributed by atoms with Crippen LogP contribution in [-0.4, -0.2) is 26.9 Å². The lowest BCUT2D eigenvalue weighted by atomic mass is 10.2. The minimum Gasteiger partial charge on any atom is -0.508 e. The highest BCUT2D eigenvalue weighted by atomic mass is 35.5. The van der Waals surface area contributed by atoms with Crippen molar-refractivity contribution in [3.63, 3.8) is 0 Å². The number of aromatic nitrogens is 2. The van der Waals surface area contributed by atoms with Crippen molar-refractivity contribution >= 4 is 46.5 Å². The number of benzene rings is 2. The molecule has 1 aromatic heterocycles. The van der Waals surface area contributed by atoms with Crippen molar-refractivity contribution in [2.24, 2.45) is 10.2 Å². The van der Waals surface area contributed by atoms with Crippen LogP contribution >= 0.6 is 34.5 Å². The molecule has 1 heterocycles. The Morgan fingerprint density at radius 1 is 1.23 bits per heavy atom. The Bertz CT molecular complexity index is 1060. The fourth-order valence-corrected chi connectivity index (χ4v) is 3.25. The zero-order chi connectivity index (χ0) is 18.7. The van der Waals surface area contributed by atoms with Crippen molar-refractivity contribution in [1.29, 1.82) is 0 Å². The van der Waals surface area contributed by atoms with Gasteiger partial charge in [0.25, 0.3) is 0 Å². The SMILES string of the molecule is CC(=O)c1nn(-c2ccc(Cl)cc2Cl)c(=N/N=C/c2ccc(O)cc2)s1. The lowest BCUT2D eigenvalue weighted by molar-refractivity contribution is 0.101. The Kier molecular flexibility index (Phi) is 5.51. The van der Waals surface area contributed by atoms with E-state index in [4.69, 9.17) is 23.2 Å². The second-order valence-corrected chi connectivity index (χ2v) is 6.99. The third kappa shape index (κ3) is 4.19. The highest BCUT2D eigenvalue weighted by Gasteiger charge is 2.13. The molecule has 132 valence electrons. The summed E-state index contributed by atoms with van der Waals surface area (Å²) in [5.41, 5.74) is 1.30. The summed E-state index contributed by atoms with van der Waals surface area (Å²) in [4.78, 5) is 12.1. The van der Waals surface area contributed by atoms with Crippen LogP contribution in [0.1, 0.15) is 22.3 Å². The van der Waals surface area contributed by atoms with Gasteiger partial charge in [-0.15, -0.1) is 5.10 Å². The van der Waals surface area contributed by atoms with Crippen LogP contribution in [-0.2, 0) is 0 Å². The van der Waals surface area contributed by atoms with Crippen molar-refractivity contribution in [3.05, 3.63) is 67.9 Å². The first-order valence-electron chi connectivity index (χ1n) is 7.36. The van der Waals surface area contributed by atoms with Gasteiger partial charge in [-0.25, -0.2) is 4.68 Å². The molecule has 1 N–H and O–H groups in total. The largest absolute Gasteiger partial charge is 0.508 e. The molecule has 0 fully saturated rings. The quantitative estimate of drug-likeness (QED) is 0.402. The Labute approximate surface area is 162 Å². The molecule has 3 aromatic rings. The smallest absolute Gasteiger partial charge is 0.233 e. The molecule has 0 aliphatic rings. The van der Waals surface area contributed by atoms with Crippen LogP contribution < -0.4 is 4.80 Å². The van der Waals surface area contributed by atoms with E-state index in [9.17, 15) is 9.90 Å². The fraction of sp³-hybridized carbons (Fsp3) is 0.0588. The maximum atomic E-state index is 11.7. The molecule has 0 atom stereocenters. The molecule has 0 amide bonds. The minimum atomic E-state index is -0.183. The molecule has 0 radical (unpaired) electrons. The first-order chi connectivity index (χ1) is 12.4. The van der Waals surface area contributed by atoms with E-state index >= 15 is 0 Å². The zero-order valence-corrected chi connectivity index (χ0v) is 15.8. The van der Waals surface area contributed by atoms with E-state index in [1.54, 1.807) is 42.5 Å². The van der Waals surface area contributed by atoms with Gasteiger partial charge in [0.15, 0.2) is 10.8 Å². The summed E-state index contributed by atoms with van der Waals surface area (Å²) in [6.07, 6.45) is 1.53. The molecule has 9 heteroatoms. The molecule has 0 saturated carbocycles. The molecule has 26 heavy (non-hydrogen) atoms.